The van der Waals surface area contributed by atoms with Crippen LogP contribution in [0.15, 0.2) is 0 Å². The van der Waals surface area contributed by atoms with Crippen molar-refractivity contribution in [3.05, 3.63) is 0 Å². The Bertz CT molecular complexity index is 211. The summed E-state index contributed by atoms with van der Waals surface area (Å²) in [6.45, 7) is 2.37. The van der Waals surface area contributed by atoms with Gasteiger partial charge >= 0.3 is 0 Å². The van der Waals surface area contributed by atoms with Crippen LogP contribution in [0, 0.1) is 11.3 Å². The lowest BCUT2D eigenvalue weighted by Crippen LogP contribution is -2.49. The SMILES string of the molecule is CN1CCC2(CC1)CC(C(N)=O)C2. The Morgan fingerprint density at radius 2 is 1.92 bits per heavy atom. The van der Waals surface area contributed by atoms with E-state index in [0.717, 1.165) is 12.8 Å². The van der Waals surface area contributed by atoms with E-state index in [1.54, 1.807) is 0 Å². The van der Waals surface area contributed by atoms with Gasteiger partial charge in [-0.1, -0.05) is 0 Å². The van der Waals surface area contributed by atoms with Gasteiger partial charge in [-0.05, 0) is 51.2 Å². The third-order valence-electron chi connectivity index (χ3n) is 3.81. The quantitative estimate of drug-likeness (QED) is 0.645. The predicted octanol–water partition coefficient (Wildman–Crippen LogP) is 0.594. The fourth-order valence-corrected chi connectivity index (χ4v) is 2.69. The van der Waals surface area contributed by atoms with Crippen molar-refractivity contribution in [2.75, 3.05) is 20.1 Å². The lowest BCUT2D eigenvalue weighted by atomic mass is 9.57. The van der Waals surface area contributed by atoms with Gasteiger partial charge in [0.15, 0.2) is 0 Å². The third kappa shape index (κ3) is 1.57. The molecule has 74 valence electrons. The molecule has 1 amide bonds. The maximum absolute atomic E-state index is 10.9. The normalized spacial score (nSPS) is 28.7. The summed E-state index contributed by atoms with van der Waals surface area (Å²) >= 11 is 0. The summed E-state index contributed by atoms with van der Waals surface area (Å²) in [5, 5.41) is 0. The van der Waals surface area contributed by atoms with Gasteiger partial charge in [-0.25, -0.2) is 0 Å². The van der Waals surface area contributed by atoms with Gasteiger partial charge in [-0.2, -0.15) is 0 Å². The van der Waals surface area contributed by atoms with Gasteiger partial charge < -0.3 is 10.6 Å². The number of amides is 1. The van der Waals surface area contributed by atoms with Crippen molar-refractivity contribution >= 4 is 5.91 Å². The van der Waals surface area contributed by atoms with Crippen molar-refractivity contribution in [3.63, 3.8) is 0 Å². The summed E-state index contributed by atoms with van der Waals surface area (Å²) in [4.78, 5) is 13.2. The van der Waals surface area contributed by atoms with Crippen LogP contribution >= 0.6 is 0 Å². The van der Waals surface area contributed by atoms with Crippen LogP contribution in [-0.4, -0.2) is 30.9 Å². The van der Waals surface area contributed by atoms with Gasteiger partial charge in [0, 0.05) is 5.92 Å². The zero-order valence-corrected chi connectivity index (χ0v) is 8.25. The molecule has 0 aromatic carbocycles. The van der Waals surface area contributed by atoms with E-state index in [1.807, 2.05) is 0 Å². The minimum atomic E-state index is -0.0930. The molecule has 0 unspecified atom stereocenters. The van der Waals surface area contributed by atoms with Gasteiger partial charge in [0.25, 0.3) is 0 Å². The Hall–Kier alpha value is -0.570. The number of carbonyl (C=O) groups excluding carboxylic acids is 1. The number of nitrogens with zero attached hydrogens (tertiary/aromatic N) is 1. The monoisotopic (exact) mass is 182 g/mol. The van der Waals surface area contributed by atoms with E-state index in [4.69, 9.17) is 5.73 Å². The summed E-state index contributed by atoms with van der Waals surface area (Å²) in [6, 6.07) is 0. The number of piperidine rings is 1. The van der Waals surface area contributed by atoms with Crippen molar-refractivity contribution < 1.29 is 4.79 Å². The van der Waals surface area contributed by atoms with Gasteiger partial charge in [-0.3, -0.25) is 4.79 Å². The number of nitrogens with two attached hydrogens (primary N) is 1. The molecule has 1 saturated carbocycles. The largest absolute Gasteiger partial charge is 0.369 e. The van der Waals surface area contributed by atoms with Crippen molar-refractivity contribution in [3.8, 4) is 0 Å². The average Bonchev–Trinajstić information content (AvgIpc) is 2.02. The summed E-state index contributed by atoms with van der Waals surface area (Å²) in [5.74, 6) is 0.0907. The first-order valence-electron chi connectivity index (χ1n) is 5.09. The molecule has 1 aliphatic carbocycles. The van der Waals surface area contributed by atoms with Gasteiger partial charge in [0.2, 0.25) is 5.91 Å². The molecule has 1 spiro atoms. The van der Waals surface area contributed by atoms with E-state index in [-0.39, 0.29) is 11.8 Å². The van der Waals surface area contributed by atoms with Crippen LogP contribution in [0.2, 0.25) is 0 Å². The summed E-state index contributed by atoms with van der Waals surface area (Å²) in [6.07, 6.45) is 4.62. The highest BCUT2D eigenvalue weighted by molar-refractivity contribution is 5.77. The number of primary amides is 1. The standard InChI is InChI=1S/C10H18N2O/c1-12-4-2-10(3-5-12)6-8(7-10)9(11)13/h8H,2-7H2,1H3,(H2,11,13). The highest BCUT2D eigenvalue weighted by Gasteiger charge is 2.47. The second kappa shape index (κ2) is 2.98. The highest BCUT2D eigenvalue weighted by Crippen LogP contribution is 2.52. The Balaban J connectivity index is 1.86. The molecule has 3 heteroatoms. The number of hydrogen-bond donors (Lipinski definition) is 1. The molecule has 1 aliphatic heterocycles. The second-order valence-electron chi connectivity index (χ2n) is 4.81. The van der Waals surface area contributed by atoms with Crippen LogP contribution in [0.4, 0.5) is 0 Å². The maximum Gasteiger partial charge on any atom is 0.220 e. The Morgan fingerprint density at radius 3 is 2.38 bits per heavy atom. The molecule has 0 aromatic heterocycles. The van der Waals surface area contributed by atoms with Crippen molar-refractivity contribution in [2.45, 2.75) is 25.7 Å². The molecule has 2 aliphatic rings. The lowest BCUT2D eigenvalue weighted by Gasteiger charge is -2.50. The van der Waals surface area contributed by atoms with E-state index in [9.17, 15) is 4.79 Å². The second-order valence-corrected chi connectivity index (χ2v) is 4.81. The molecule has 1 saturated heterocycles. The fourth-order valence-electron chi connectivity index (χ4n) is 2.69. The van der Waals surface area contributed by atoms with Crippen LogP contribution in [0.1, 0.15) is 25.7 Å². The Kier molecular flexibility index (Phi) is 2.06. The molecular weight excluding hydrogens is 164 g/mol. The molecule has 2 fully saturated rings. The molecule has 1 heterocycles. The molecule has 2 N–H and O–H groups in total. The molecule has 0 atom stereocenters. The molecule has 0 radical (unpaired) electrons. The number of likely N-dealkylation sites (tertiary alicyclic amines) is 1. The molecule has 2 rings (SSSR count). The Morgan fingerprint density at radius 1 is 1.38 bits per heavy atom. The minimum absolute atomic E-state index is 0.0930. The predicted molar refractivity (Wildman–Crippen MR) is 51.1 cm³/mol. The Labute approximate surface area is 79.3 Å². The fraction of sp³-hybridized carbons (Fsp3) is 0.900. The van der Waals surface area contributed by atoms with Crippen molar-refractivity contribution in [1.82, 2.24) is 4.90 Å². The zero-order valence-electron chi connectivity index (χ0n) is 8.25. The third-order valence-corrected chi connectivity index (χ3v) is 3.81. The molecule has 0 bridgehead atoms. The minimum Gasteiger partial charge on any atom is -0.369 e. The first-order valence-corrected chi connectivity index (χ1v) is 5.09. The zero-order chi connectivity index (χ0) is 9.47. The van der Waals surface area contributed by atoms with Crippen LogP contribution < -0.4 is 5.73 Å². The van der Waals surface area contributed by atoms with E-state index < -0.39 is 0 Å². The molecule has 3 nitrogen and oxygen atoms in total. The average molecular weight is 182 g/mol. The maximum atomic E-state index is 10.9. The highest BCUT2D eigenvalue weighted by atomic mass is 16.1. The first kappa shape index (κ1) is 9.00. The molecular formula is C10H18N2O. The number of rotatable bonds is 1. The first-order chi connectivity index (χ1) is 6.11. The van der Waals surface area contributed by atoms with Gasteiger partial charge in [-0.15, -0.1) is 0 Å². The van der Waals surface area contributed by atoms with E-state index >= 15 is 0 Å². The summed E-state index contributed by atoms with van der Waals surface area (Å²) in [5.41, 5.74) is 5.76. The summed E-state index contributed by atoms with van der Waals surface area (Å²) in [7, 11) is 2.16. The summed E-state index contributed by atoms with van der Waals surface area (Å²) < 4.78 is 0. The van der Waals surface area contributed by atoms with Crippen LogP contribution in [0.5, 0.6) is 0 Å². The van der Waals surface area contributed by atoms with Crippen LogP contribution in [0.25, 0.3) is 0 Å². The number of hydrogen-bond acceptors (Lipinski definition) is 2. The molecule has 13 heavy (non-hydrogen) atoms. The van der Waals surface area contributed by atoms with E-state index in [0.29, 0.717) is 5.41 Å². The van der Waals surface area contributed by atoms with Crippen LogP contribution in [-0.2, 0) is 4.79 Å². The molecule has 0 aromatic rings. The smallest absolute Gasteiger partial charge is 0.220 e. The number of carbonyl (C=O) groups is 1. The van der Waals surface area contributed by atoms with Gasteiger partial charge in [0.05, 0.1) is 0 Å². The van der Waals surface area contributed by atoms with Gasteiger partial charge in [0.1, 0.15) is 0 Å². The van der Waals surface area contributed by atoms with Crippen LogP contribution in [0.3, 0.4) is 0 Å². The topological polar surface area (TPSA) is 46.3 Å². The van der Waals surface area contributed by atoms with E-state index in [2.05, 4.69) is 11.9 Å². The van der Waals surface area contributed by atoms with E-state index in [1.165, 1.54) is 25.9 Å². The van der Waals surface area contributed by atoms with Crippen molar-refractivity contribution in [2.24, 2.45) is 17.1 Å². The lowest BCUT2D eigenvalue weighted by molar-refractivity contribution is -0.131. The van der Waals surface area contributed by atoms with Crippen molar-refractivity contribution in [1.29, 1.82) is 0 Å².